The van der Waals surface area contributed by atoms with Crippen LogP contribution in [0.2, 0.25) is 5.02 Å². The van der Waals surface area contributed by atoms with Gasteiger partial charge in [0, 0.05) is 29.3 Å². The van der Waals surface area contributed by atoms with Crippen LogP contribution in [0.4, 0.5) is 11.4 Å². The zero-order valence-corrected chi connectivity index (χ0v) is 18.9. The van der Waals surface area contributed by atoms with E-state index < -0.39 is 0 Å². The van der Waals surface area contributed by atoms with Crippen molar-refractivity contribution in [3.8, 4) is 0 Å². The Labute approximate surface area is 188 Å². The molecule has 0 bridgehead atoms. The van der Waals surface area contributed by atoms with Gasteiger partial charge in [0.15, 0.2) is 5.78 Å². The Morgan fingerprint density at radius 2 is 1.87 bits per heavy atom. The molecule has 0 saturated carbocycles. The van der Waals surface area contributed by atoms with E-state index in [1.807, 2.05) is 60.4 Å². The van der Waals surface area contributed by atoms with Gasteiger partial charge in [-0.05, 0) is 48.6 Å². The summed E-state index contributed by atoms with van der Waals surface area (Å²) in [6, 6.07) is 15.2. The van der Waals surface area contributed by atoms with Crippen molar-refractivity contribution in [3.05, 3.63) is 70.4 Å². The Morgan fingerprint density at radius 1 is 1.16 bits per heavy atom. The van der Waals surface area contributed by atoms with E-state index in [0.29, 0.717) is 18.0 Å². The average molecular weight is 438 g/mol. The fourth-order valence-corrected chi connectivity index (χ4v) is 4.65. The number of allylic oxidation sites excluding steroid dienone is 1. The first-order chi connectivity index (χ1) is 14.7. The summed E-state index contributed by atoms with van der Waals surface area (Å²) in [6.45, 7) is 6.86. The lowest BCUT2D eigenvalue weighted by atomic mass is 9.74. The fourth-order valence-electron chi connectivity index (χ4n) is 4.52. The minimum Gasteiger partial charge on any atom is -0.357 e. The zero-order valence-electron chi connectivity index (χ0n) is 18.2. The Hall–Kier alpha value is -2.79. The van der Waals surface area contributed by atoms with E-state index in [2.05, 4.69) is 24.5 Å². The molecule has 5 nitrogen and oxygen atoms in total. The number of nitrogens with zero attached hydrogens (tertiary/aromatic N) is 1. The van der Waals surface area contributed by atoms with Crippen molar-refractivity contribution in [1.82, 2.24) is 5.32 Å². The van der Waals surface area contributed by atoms with Crippen LogP contribution in [-0.2, 0) is 16.1 Å². The number of halogens is 1. The first kappa shape index (κ1) is 21.4. The Balaban J connectivity index is 1.58. The minimum absolute atomic E-state index is 0.0806. The highest BCUT2D eigenvalue weighted by molar-refractivity contribution is 6.30. The smallest absolute Gasteiger partial charge is 0.239 e. The normalized spacial score (nSPS) is 19.8. The maximum absolute atomic E-state index is 13.1. The maximum Gasteiger partial charge on any atom is 0.239 e. The van der Waals surface area contributed by atoms with E-state index in [9.17, 15) is 9.59 Å². The molecule has 2 aliphatic rings. The van der Waals surface area contributed by atoms with Crippen molar-refractivity contribution in [2.75, 3.05) is 16.8 Å². The molecule has 2 N–H and O–H groups in total. The first-order valence-electron chi connectivity index (χ1n) is 10.6. The predicted molar refractivity (Wildman–Crippen MR) is 125 cm³/mol. The number of nitrogens with one attached hydrogen (secondary N) is 2. The van der Waals surface area contributed by atoms with Crippen molar-refractivity contribution in [1.29, 1.82) is 0 Å². The van der Waals surface area contributed by atoms with Crippen LogP contribution in [0.1, 0.15) is 39.2 Å². The van der Waals surface area contributed by atoms with Crippen LogP contribution in [0, 0.1) is 5.41 Å². The van der Waals surface area contributed by atoms with Gasteiger partial charge in [0.1, 0.15) is 0 Å². The van der Waals surface area contributed by atoms with Crippen molar-refractivity contribution in [2.45, 2.75) is 46.2 Å². The molecule has 1 heterocycles. The molecule has 1 aliphatic carbocycles. The highest BCUT2D eigenvalue weighted by Crippen LogP contribution is 2.43. The van der Waals surface area contributed by atoms with E-state index in [4.69, 9.17) is 11.6 Å². The van der Waals surface area contributed by atoms with E-state index in [-0.39, 0.29) is 29.7 Å². The second-order valence-corrected chi connectivity index (χ2v) is 9.62. The summed E-state index contributed by atoms with van der Waals surface area (Å²) in [7, 11) is 0. The zero-order chi connectivity index (χ0) is 22.2. The summed E-state index contributed by atoms with van der Waals surface area (Å²) in [5, 5.41) is 7.17. The molecule has 1 aliphatic heterocycles. The number of Topliss-reactive ketones (excluding diaryl/α,β-unsaturated/α-hetero) is 1. The van der Waals surface area contributed by atoms with E-state index in [1.54, 1.807) is 0 Å². The van der Waals surface area contributed by atoms with Crippen LogP contribution in [0.5, 0.6) is 0 Å². The molecule has 6 heteroatoms. The van der Waals surface area contributed by atoms with Crippen LogP contribution >= 0.6 is 11.6 Å². The molecule has 2 aromatic carbocycles. The summed E-state index contributed by atoms with van der Waals surface area (Å²) < 4.78 is 0. The van der Waals surface area contributed by atoms with Gasteiger partial charge in [-0.3, -0.25) is 9.59 Å². The number of fused-ring (bicyclic) bond motifs is 1. The summed E-state index contributed by atoms with van der Waals surface area (Å²) in [5.74, 6) is 0.0647. The number of benzene rings is 2. The van der Waals surface area contributed by atoms with Crippen LogP contribution in [0.25, 0.3) is 0 Å². The van der Waals surface area contributed by atoms with Gasteiger partial charge in [-0.2, -0.15) is 0 Å². The molecular weight excluding hydrogens is 410 g/mol. The highest BCUT2D eigenvalue weighted by atomic mass is 35.5. The van der Waals surface area contributed by atoms with E-state index >= 15 is 0 Å². The molecule has 1 amide bonds. The van der Waals surface area contributed by atoms with Gasteiger partial charge in [-0.15, -0.1) is 0 Å². The first-order valence-corrected chi connectivity index (χ1v) is 11.0. The van der Waals surface area contributed by atoms with Crippen LogP contribution in [0.3, 0.4) is 0 Å². The van der Waals surface area contributed by atoms with Gasteiger partial charge in [0.25, 0.3) is 0 Å². The van der Waals surface area contributed by atoms with Crippen LogP contribution < -0.4 is 15.5 Å². The molecule has 0 unspecified atom stereocenters. The van der Waals surface area contributed by atoms with Gasteiger partial charge in [0.2, 0.25) is 5.91 Å². The summed E-state index contributed by atoms with van der Waals surface area (Å²) in [5.41, 5.74) is 4.53. The highest BCUT2D eigenvalue weighted by Gasteiger charge is 2.39. The number of carbonyl (C=O) groups is 2. The van der Waals surface area contributed by atoms with Gasteiger partial charge >= 0.3 is 0 Å². The number of hydrogen-bond donors (Lipinski definition) is 2. The maximum atomic E-state index is 13.1. The average Bonchev–Trinajstić information content (AvgIpc) is 2.81. The van der Waals surface area contributed by atoms with Crippen molar-refractivity contribution < 1.29 is 9.59 Å². The fraction of sp³-hybridized carbons (Fsp3) is 0.360. The SMILES string of the molecule is C[C@H]1C2=C(CC(C)(C)CC2=O)Nc2ccccc2N1CC(=O)NCc1ccc(Cl)cc1. The third-order valence-corrected chi connectivity index (χ3v) is 6.27. The molecule has 1 atom stereocenters. The summed E-state index contributed by atoms with van der Waals surface area (Å²) in [4.78, 5) is 28.0. The number of hydrogen-bond acceptors (Lipinski definition) is 4. The number of rotatable bonds is 4. The molecular formula is C25H28ClN3O2. The van der Waals surface area contributed by atoms with Gasteiger partial charge in [-0.1, -0.05) is 49.7 Å². The predicted octanol–water partition coefficient (Wildman–Crippen LogP) is 4.92. The third kappa shape index (κ3) is 4.62. The lowest BCUT2D eigenvalue weighted by Crippen LogP contribution is -2.44. The van der Waals surface area contributed by atoms with Gasteiger partial charge < -0.3 is 15.5 Å². The number of anilines is 2. The lowest BCUT2D eigenvalue weighted by Gasteiger charge is -2.36. The third-order valence-electron chi connectivity index (χ3n) is 6.02. The molecule has 0 spiro atoms. The largest absolute Gasteiger partial charge is 0.357 e. The summed E-state index contributed by atoms with van der Waals surface area (Å²) in [6.07, 6.45) is 1.33. The number of amides is 1. The van der Waals surface area contributed by atoms with E-state index in [0.717, 1.165) is 34.6 Å². The van der Waals surface area contributed by atoms with Gasteiger partial charge in [0.05, 0.1) is 24.0 Å². The van der Waals surface area contributed by atoms with Crippen molar-refractivity contribution in [2.24, 2.45) is 5.41 Å². The molecule has 162 valence electrons. The summed E-state index contributed by atoms with van der Waals surface area (Å²) >= 11 is 5.94. The quantitative estimate of drug-likeness (QED) is 0.712. The molecule has 2 aromatic rings. The molecule has 0 saturated heterocycles. The van der Waals surface area contributed by atoms with Crippen LogP contribution in [-0.4, -0.2) is 24.3 Å². The monoisotopic (exact) mass is 437 g/mol. The lowest BCUT2D eigenvalue weighted by molar-refractivity contribution is -0.120. The van der Waals surface area contributed by atoms with Crippen molar-refractivity contribution in [3.63, 3.8) is 0 Å². The Kier molecular flexibility index (Phi) is 5.80. The molecule has 0 aromatic heterocycles. The topological polar surface area (TPSA) is 61.4 Å². The Bertz CT molecular complexity index is 1040. The second kappa shape index (κ2) is 8.39. The number of carbonyl (C=O) groups excluding carboxylic acids is 2. The Morgan fingerprint density at radius 3 is 2.61 bits per heavy atom. The number of para-hydroxylation sites is 2. The molecule has 0 fully saturated rings. The minimum atomic E-state index is -0.198. The van der Waals surface area contributed by atoms with Gasteiger partial charge in [-0.25, -0.2) is 0 Å². The molecule has 0 radical (unpaired) electrons. The standard InChI is InChI=1S/C25H28ClN3O2/c1-16-24-20(12-25(2,3)13-22(24)30)28-19-6-4-5-7-21(19)29(16)15-23(31)27-14-17-8-10-18(26)11-9-17/h4-11,16,28H,12-15H2,1-3H3,(H,27,31)/t16-/m0/s1. The molecule has 31 heavy (non-hydrogen) atoms. The second-order valence-electron chi connectivity index (χ2n) is 9.18. The van der Waals surface area contributed by atoms with Crippen molar-refractivity contribution >= 4 is 34.7 Å². The van der Waals surface area contributed by atoms with E-state index in [1.165, 1.54) is 0 Å². The van der Waals surface area contributed by atoms with Crippen LogP contribution in [0.15, 0.2) is 59.8 Å². The molecule has 4 rings (SSSR count). The number of ketones is 1.